The third-order valence-electron chi connectivity index (χ3n) is 4.92. The van der Waals surface area contributed by atoms with E-state index in [0.717, 1.165) is 0 Å². The second-order valence-electron chi connectivity index (χ2n) is 6.84. The molecule has 8 nitrogen and oxygen atoms in total. The first-order chi connectivity index (χ1) is 12.4. The van der Waals surface area contributed by atoms with Gasteiger partial charge in [-0.2, -0.15) is 0 Å². The molecule has 1 amide bonds. The molecular weight excluding hydrogens is 336 g/mol. The number of benzene rings is 1. The number of rotatable bonds is 5. The third kappa shape index (κ3) is 4.13. The number of likely N-dealkylation sites (tertiary alicyclic amines) is 1. The molecule has 0 aromatic heterocycles. The second-order valence-corrected chi connectivity index (χ2v) is 6.84. The number of hydrogen-bond acceptors (Lipinski definition) is 5. The molecule has 0 bridgehead atoms. The fourth-order valence-corrected chi connectivity index (χ4v) is 3.51. The van der Waals surface area contributed by atoms with E-state index in [-0.39, 0.29) is 30.4 Å². The van der Waals surface area contributed by atoms with E-state index in [1.165, 1.54) is 0 Å². The van der Waals surface area contributed by atoms with E-state index < -0.39 is 11.9 Å². The second kappa shape index (κ2) is 7.74. The number of ether oxygens (including phenoxy) is 1. The Hall–Kier alpha value is -2.61. The first kappa shape index (κ1) is 18.2. The van der Waals surface area contributed by atoms with Crippen molar-refractivity contribution in [3.63, 3.8) is 0 Å². The van der Waals surface area contributed by atoms with Crippen LogP contribution in [0.3, 0.4) is 0 Å². The highest BCUT2D eigenvalue weighted by atomic mass is 16.5. The largest absolute Gasteiger partial charge is 0.489 e. The van der Waals surface area contributed by atoms with E-state index >= 15 is 0 Å². The summed E-state index contributed by atoms with van der Waals surface area (Å²) in [5.74, 6) is -0.781. The summed E-state index contributed by atoms with van der Waals surface area (Å²) in [4.78, 5) is 25.5. The van der Waals surface area contributed by atoms with Crippen molar-refractivity contribution in [3.05, 3.63) is 29.8 Å². The number of carboxylic acid groups (broad SMARTS) is 1. The number of nitrogen functional groups attached to an aromatic ring is 1. The van der Waals surface area contributed by atoms with Crippen LogP contribution in [-0.4, -0.2) is 59.5 Å². The number of amides is 1. The number of hydrogen-bond donors (Lipinski definition) is 4. The number of aliphatic carboxylic acids is 1. The molecule has 3 rings (SSSR count). The fraction of sp³-hybridized carbons (Fsp3) is 0.500. The predicted octanol–water partition coefficient (Wildman–Crippen LogP) is 0.403. The Morgan fingerprint density at radius 1 is 1.38 bits per heavy atom. The molecule has 2 saturated heterocycles. The molecule has 2 heterocycles. The van der Waals surface area contributed by atoms with Crippen molar-refractivity contribution in [1.29, 1.82) is 5.41 Å². The minimum Gasteiger partial charge on any atom is -0.489 e. The average Bonchev–Trinajstić information content (AvgIpc) is 3.09. The molecular formula is C18H24N4O4. The molecule has 2 aliphatic rings. The van der Waals surface area contributed by atoms with E-state index in [9.17, 15) is 14.7 Å². The first-order valence-electron chi connectivity index (χ1n) is 8.80. The van der Waals surface area contributed by atoms with E-state index in [0.29, 0.717) is 43.7 Å². The van der Waals surface area contributed by atoms with Crippen molar-refractivity contribution in [1.82, 2.24) is 10.2 Å². The minimum absolute atomic E-state index is 0.0221. The van der Waals surface area contributed by atoms with E-state index in [1.54, 1.807) is 29.2 Å². The molecule has 2 fully saturated rings. The number of piperidine rings is 1. The Morgan fingerprint density at radius 2 is 2.19 bits per heavy atom. The lowest BCUT2D eigenvalue weighted by Crippen LogP contribution is -2.49. The number of carbonyl (C=O) groups is 2. The van der Waals surface area contributed by atoms with Gasteiger partial charge in [0.2, 0.25) is 5.91 Å². The standard InChI is InChI=1S/C18H24N4O4/c19-16(20)11-3-1-5-13(7-11)26-14-8-15(21-9-14)17(23)22-6-2-4-12(10-22)18(24)25/h1,3,5,7,12,14-15,21H,2,4,6,8-10H2,(H3,19,20)(H,24,25)/t12?,14-,15+/m1/s1. The molecule has 1 aromatic carbocycles. The topological polar surface area (TPSA) is 129 Å². The summed E-state index contributed by atoms with van der Waals surface area (Å²) in [6, 6.07) is 6.66. The van der Waals surface area contributed by atoms with Crippen LogP contribution in [0.25, 0.3) is 0 Å². The Bertz CT molecular complexity index is 708. The zero-order valence-corrected chi connectivity index (χ0v) is 14.5. The predicted molar refractivity (Wildman–Crippen MR) is 95.2 cm³/mol. The van der Waals surface area contributed by atoms with Gasteiger partial charge in [0.25, 0.3) is 0 Å². The van der Waals surface area contributed by atoms with Gasteiger partial charge in [-0.05, 0) is 25.0 Å². The summed E-state index contributed by atoms with van der Waals surface area (Å²) in [5.41, 5.74) is 6.08. The molecule has 8 heteroatoms. The Kier molecular flexibility index (Phi) is 5.41. The number of nitrogens with one attached hydrogen (secondary N) is 2. The van der Waals surface area contributed by atoms with Gasteiger partial charge in [0, 0.05) is 31.6 Å². The van der Waals surface area contributed by atoms with Crippen LogP contribution in [0.2, 0.25) is 0 Å². The Morgan fingerprint density at radius 3 is 2.92 bits per heavy atom. The summed E-state index contributed by atoms with van der Waals surface area (Å²) in [6.07, 6.45) is 1.70. The molecule has 1 unspecified atom stereocenters. The van der Waals surface area contributed by atoms with Gasteiger partial charge in [-0.25, -0.2) is 0 Å². The lowest BCUT2D eigenvalue weighted by Gasteiger charge is -2.32. The quantitative estimate of drug-likeness (QED) is 0.444. The molecule has 0 saturated carbocycles. The van der Waals surface area contributed by atoms with Crippen molar-refractivity contribution in [2.45, 2.75) is 31.4 Å². The maximum absolute atomic E-state index is 12.7. The minimum atomic E-state index is -0.839. The molecule has 26 heavy (non-hydrogen) atoms. The normalized spacial score (nSPS) is 25.7. The van der Waals surface area contributed by atoms with Crippen molar-refractivity contribution in [2.24, 2.45) is 11.7 Å². The average molecular weight is 360 g/mol. The lowest BCUT2D eigenvalue weighted by molar-refractivity contribution is -0.146. The van der Waals surface area contributed by atoms with Crippen LogP contribution in [0.5, 0.6) is 5.75 Å². The number of carbonyl (C=O) groups excluding carboxylic acids is 1. The summed E-state index contributed by atoms with van der Waals surface area (Å²) in [7, 11) is 0. The highest BCUT2D eigenvalue weighted by molar-refractivity contribution is 5.95. The zero-order valence-electron chi connectivity index (χ0n) is 14.5. The maximum Gasteiger partial charge on any atom is 0.308 e. The van der Waals surface area contributed by atoms with Crippen LogP contribution in [0, 0.1) is 11.3 Å². The van der Waals surface area contributed by atoms with Crippen molar-refractivity contribution >= 4 is 17.7 Å². The van der Waals surface area contributed by atoms with Crippen LogP contribution in [0.1, 0.15) is 24.8 Å². The Balaban J connectivity index is 1.56. The summed E-state index contributed by atoms with van der Waals surface area (Å²) < 4.78 is 5.91. The number of nitrogens with zero attached hydrogens (tertiary/aromatic N) is 1. The molecule has 0 radical (unpaired) electrons. The molecule has 2 aliphatic heterocycles. The van der Waals surface area contributed by atoms with Gasteiger partial charge in [0.05, 0.1) is 12.0 Å². The lowest BCUT2D eigenvalue weighted by atomic mass is 9.97. The number of amidine groups is 1. The van der Waals surface area contributed by atoms with Gasteiger partial charge in [-0.1, -0.05) is 12.1 Å². The summed E-state index contributed by atoms with van der Waals surface area (Å²) >= 11 is 0. The number of nitrogens with two attached hydrogens (primary N) is 1. The molecule has 1 aromatic rings. The van der Waals surface area contributed by atoms with Crippen LogP contribution in [0.4, 0.5) is 0 Å². The molecule has 5 N–H and O–H groups in total. The van der Waals surface area contributed by atoms with Gasteiger partial charge in [0.1, 0.15) is 17.7 Å². The van der Waals surface area contributed by atoms with Crippen molar-refractivity contribution < 1.29 is 19.4 Å². The molecule has 3 atom stereocenters. The molecule has 140 valence electrons. The molecule has 0 spiro atoms. The summed E-state index contributed by atoms with van der Waals surface area (Å²) in [6.45, 7) is 1.42. The van der Waals surface area contributed by atoms with Crippen LogP contribution in [0.15, 0.2) is 24.3 Å². The van der Waals surface area contributed by atoms with E-state index in [4.69, 9.17) is 15.9 Å². The van der Waals surface area contributed by atoms with E-state index in [2.05, 4.69) is 5.32 Å². The molecule has 0 aliphatic carbocycles. The van der Waals surface area contributed by atoms with Gasteiger partial charge < -0.3 is 25.8 Å². The summed E-state index contributed by atoms with van der Waals surface area (Å²) in [5, 5.41) is 19.8. The van der Waals surface area contributed by atoms with Gasteiger partial charge in [-0.3, -0.25) is 15.0 Å². The van der Waals surface area contributed by atoms with Crippen LogP contribution >= 0.6 is 0 Å². The highest BCUT2D eigenvalue weighted by Gasteiger charge is 2.36. The third-order valence-corrected chi connectivity index (χ3v) is 4.92. The maximum atomic E-state index is 12.7. The fourth-order valence-electron chi connectivity index (χ4n) is 3.51. The van der Waals surface area contributed by atoms with Gasteiger partial charge in [0.15, 0.2) is 0 Å². The van der Waals surface area contributed by atoms with Crippen molar-refractivity contribution in [2.75, 3.05) is 19.6 Å². The van der Waals surface area contributed by atoms with Crippen molar-refractivity contribution in [3.8, 4) is 5.75 Å². The van der Waals surface area contributed by atoms with Crippen LogP contribution in [-0.2, 0) is 9.59 Å². The Labute approximate surface area is 151 Å². The van der Waals surface area contributed by atoms with Gasteiger partial charge in [-0.15, -0.1) is 0 Å². The van der Waals surface area contributed by atoms with E-state index in [1.807, 2.05) is 0 Å². The van der Waals surface area contributed by atoms with Crippen LogP contribution < -0.4 is 15.8 Å². The SMILES string of the molecule is N=C(N)c1cccc(O[C@H]2CN[C@H](C(=O)N3CCCC(C(=O)O)C3)C2)c1. The smallest absolute Gasteiger partial charge is 0.308 e. The number of carboxylic acids is 1. The zero-order chi connectivity index (χ0) is 18.7. The van der Waals surface area contributed by atoms with Gasteiger partial charge >= 0.3 is 5.97 Å². The highest BCUT2D eigenvalue weighted by Crippen LogP contribution is 2.22. The first-order valence-corrected chi connectivity index (χ1v) is 8.80. The monoisotopic (exact) mass is 360 g/mol.